The second-order valence-corrected chi connectivity index (χ2v) is 5.71. The van der Waals surface area contributed by atoms with E-state index >= 15 is 0 Å². The van der Waals surface area contributed by atoms with Crippen LogP contribution in [0.1, 0.15) is 29.3 Å². The average Bonchev–Trinajstić information content (AvgIpc) is 2.67. The molecule has 2 amide bonds. The van der Waals surface area contributed by atoms with E-state index in [-0.39, 0.29) is 12.0 Å². The molecular formula is C20H19N3O4. The fourth-order valence-corrected chi connectivity index (χ4v) is 2.18. The number of anilines is 1. The molecule has 0 fully saturated rings. The number of nitrogens with one attached hydrogen (secondary N) is 2. The van der Waals surface area contributed by atoms with Crippen LogP contribution in [-0.4, -0.2) is 23.9 Å². The third-order valence-electron chi connectivity index (χ3n) is 3.61. The highest BCUT2D eigenvalue weighted by molar-refractivity contribution is 5.94. The van der Waals surface area contributed by atoms with Crippen LogP contribution in [0.25, 0.3) is 0 Å². The van der Waals surface area contributed by atoms with Gasteiger partial charge in [-0.15, -0.1) is 0 Å². The van der Waals surface area contributed by atoms with Crippen LogP contribution in [0.3, 0.4) is 0 Å². The summed E-state index contributed by atoms with van der Waals surface area (Å²) >= 11 is 0. The fourth-order valence-electron chi connectivity index (χ4n) is 2.18. The summed E-state index contributed by atoms with van der Waals surface area (Å²) in [6.07, 6.45) is -1.20. The Hall–Kier alpha value is -3.66. The SMILES string of the molecule is CC(OC(=O)c1ccc(NC(=O)CC#N)cc1)C(=O)NCc1ccccc1. The van der Waals surface area contributed by atoms with Crippen molar-refractivity contribution in [3.05, 3.63) is 65.7 Å². The number of esters is 1. The van der Waals surface area contributed by atoms with Crippen molar-refractivity contribution in [2.24, 2.45) is 0 Å². The Bertz CT molecular complexity index is 842. The molecule has 0 radical (unpaired) electrons. The van der Waals surface area contributed by atoms with Crippen LogP contribution in [0.5, 0.6) is 0 Å². The normalized spacial score (nSPS) is 11.0. The van der Waals surface area contributed by atoms with Crippen LogP contribution in [0, 0.1) is 11.3 Å². The van der Waals surface area contributed by atoms with Crippen LogP contribution in [-0.2, 0) is 20.9 Å². The predicted molar refractivity (Wildman–Crippen MR) is 98.5 cm³/mol. The van der Waals surface area contributed by atoms with Crippen molar-refractivity contribution in [1.82, 2.24) is 5.32 Å². The van der Waals surface area contributed by atoms with Gasteiger partial charge in [0.05, 0.1) is 11.6 Å². The van der Waals surface area contributed by atoms with Crippen LogP contribution >= 0.6 is 0 Å². The topological polar surface area (TPSA) is 108 Å². The highest BCUT2D eigenvalue weighted by Crippen LogP contribution is 2.12. The zero-order valence-corrected chi connectivity index (χ0v) is 14.8. The Morgan fingerprint density at radius 2 is 1.74 bits per heavy atom. The number of carbonyl (C=O) groups excluding carboxylic acids is 3. The number of benzene rings is 2. The van der Waals surface area contributed by atoms with E-state index in [2.05, 4.69) is 10.6 Å². The van der Waals surface area contributed by atoms with Crippen molar-refractivity contribution in [2.45, 2.75) is 26.0 Å². The van der Waals surface area contributed by atoms with E-state index in [1.807, 2.05) is 30.3 Å². The molecule has 0 spiro atoms. The molecule has 1 unspecified atom stereocenters. The summed E-state index contributed by atoms with van der Waals surface area (Å²) in [4.78, 5) is 35.5. The molecule has 2 rings (SSSR count). The van der Waals surface area contributed by atoms with Crippen LogP contribution in [0.4, 0.5) is 5.69 Å². The lowest BCUT2D eigenvalue weighted by Gasteiger charge is -2.14. The smallest absolute Gasteiger partial charge is 0.338 e. The van der Waals surface area contributed by atoms with E-state index in [9.17, 15) is 14.4 Å². The second-order valence-electron chi connectivity index (χ2n) is 5.71. The zero-order valence-electron chi connectivity index (χ0n) is 14.8. The van der Waals surface area contributed by atoms with Crippen molar-refractivity contribution in [3.8, 4) is 6.07 Å². The molecule has 2 aromatic carbocycles. The van der Waals surface area contributed by atoms with Gasteiger partial charge in [-0.05, 0) is 36.8 Å². The van der Waals surface area contributed by atoms with Gasteiger partial charge in [0.15, 0.2) is 6.10 Å². The van der Waals surface area contributed by atoms with E-state index < -0.39 is 23.9 Å². The van der Waals surface area contributed by atoms with E-state index in [0.717, 1.165) is 5.56 Å². The molecule has 0 aliphatic carbocycles. The van der Waals surface area contributed by atoms with E-state index in [4.69, 9.17) is 10.00 Å². The minimum atomic E-state index is -0.948. The molecule has 0 bridgehead atoms. The molecule has 7 heteroatoms. The van der Waals surface area contributed by atoms with Crippen molar-refractivity contribution in [3.63, 3.8) is 0 Å². The third kappa shape index (κ3) is 6.29. The summed E-state index contributed by atoms with van der Waals surface area (Å²) in [7, 11) is 0. The summed E-state index contributed by atoms with van der Waals surface area (Å²) in [5.41, 5.74) is 1.65. The highest BCUT2D eigenvalue weighted by atomic mass is 16.5. The molecule has 7 nitrogen and oxygen atoms in total. The zero-order chi connectivity index (χ0) is 19.6. The first-order chi connectivity index (χ1) is 13.0. The molecule has 2 N–H and O–H groups in total. The first kappa shape index (κ1) is 19.7. The maximum atomic E-state index is 12.1. The van der Waals surface area contributed by atoms with Crippen molar-refractivity contribution in [2.75, 3.05) is 5.32 Å². The Kier molecular flexibility index (Phi) is 7.08. The van der Waals surface area contributed by atoms with Gasteiger partial charge in [-0.1, -0.05) is 30.3 Å². The highest BCUT2D eigenvalue weighted by Gasteiger charge is 2.18. The Labute approximate surface area is 156 Å². The molecule has 0 saturated heterocycles. The predicted octanol–water partition coefficient (Wildman–Crippen LogP) is 2.40. The Balaban J connectivity index is 1.85. The molecule has 0 aliphatic heterocycles. The third-order valence-corrected chi connectivity index (χ3v) is 3.61. The summed E-state index contributed by atoms with van der Waals surface area (Å²) in [5, 5.41) is 13.7. The fraction of sp³-hybridized carbons (Fsp3) is 0.200. The maximum absolute atomic E-state index is 12.1. The largest absolute Gasteiger partial charge is 0.449 e. The van der Waals surface area contributed by atoms with E-state index in [1.165, 1.54) is 31.2 Å². The van der Waals surface area contributed by atoms with Gasteiger partial charge >= 0.3 is 5.97 Å². The first-order valence-electron chi connectivity index (χ1n) is 8.29. The van der Waals surface area contributed by atoms with Crippen molar-refractivity contribution >= 4 is 23.5 Å². The number of nitriles is 1. The average molecular weight is 365 g/mol. The van der Waals surface area contributed by atoms with Gasteiger partial charge in [-0.25, -0.2) is 4.79 Å². The number of amides is 2. The second kappa shape index (κ2) is 9.73. The van der Waals surface area contributed by atoms with Gasteiger partial charge in [0.2, 0.25) is 5.91 Å². The number of ether oxygens (including phenoxy) is 1. The summed E-state index contributed by atoms with van der Waals surface area (Å²) in [6.45, 7) is 1.84. The monoisotopic (exact) mass is 365 g/mol. The number of carbonyl (C=O) groups is 3. The minimum Gasteiger partial charge on any atom is -0.449 e. The number of nitrogens with zero attached hydrogens (tertiary/aromatic N) is 1. The van der Waals surface area contributed by atoms with Gasteiger partial charge in [0.1, 0.15) is 6.42 Å². The summed E-state index contributed by atoms with van der Waals surface area (Å²) in [5.74, 6) is -1.48. The number of hydrogen-bond acceptors (Lipinski definition) is 5. The molecule has 0 aliphatic rings. The molecule has 138 valence electrons. The molecule has 0 saturated carbocycles. The standard InChI is InChI=1S/C20H19N3O4/c1-14(19(25)22-13-15-5-3-2-4-6-15)27-20(26)16-7-9-17(10-8-16)23-18(24)11-12-21/h2-10,14H,11,13H2,1H3,(H,22,25)(H,23,24). The lowest BCUT2D eigenvalue weighted by atomic mass is 10.2. The van der Waals surface area contributed by atoms with Crippen molar-refractivity contribution < 1.29 is 19.1 Å². The van der Waals surface area contributed by atoms with E-state index in [0.29, 0.717) is 12.2 Å². The van der Waals surface area contributed by atoms with Crippen LogP contribution in [0.15, 0.2) is 54.6 Å². The first-order valence-corrected chi connectivity index (χ1v) is 8.29. The molecule has 1 atom stereocenters. The lowest BCUT2D eigenvalue weighted by molar-refractivity contribution is -0.129. The van der Waals surface area contributed by atoms with Gasteiger partial charge in [-0.3, -0.25) is 9.59 Å². The van der Waals surface area contributed by atoms with Gasteiger partial charge in [-0.2, -0.15) is 5.26 Å². The Morgan fingerprint density at radius 3 is 2.37 bits per heavy atom. The van der Waals surface area contributed by atoms with Gasteiger partial charge in [0, 0.05) is 12.2 Å². The molecule has 2 aromatic rings. The minimum absolute atomic E-state index is 0.246. The number of hydrogen-bond donors (Lipinski definition) is 2. The maximum Gasteiger partial charge on any atom is 0.338 e. The lowest BCUT2D eigenvalue weighted by Crippen LogP contribution is -2.35. The quantitative estimate of drug-likeness (QED) is 0.733. The molecular weight excluding hydrogens is 346 g/mol. The van der Waals surface area contributed by atoms with Gasteiger partial charge in [0.25, 0.3) is 5.91 Å². The van der Waals surface area contributed by atoms with E-state index in [1.54, 1.807) is 6.07 Å². The molecule has 27 heavy (non-hydrogen) atoms. The molecule has 0 aromatic heterocycles. The summed E-state index contributed by atoms with van der Waals surface area (Å²) < 4.78 is 5.16. The van der Waals surface area contributed by atoms with Crippen molar-refractivity contribution in [1.29, 1.82) is 5.26 Å². The van der Waals surface area contributed by atoms with Gasteiger partial charge < -0.3 is 15.4 Å². The van der Waals surface area contributed by atoms with Crippen LogP contribution < -0.4 is 10.6 Å². The van der Waals surface area contributed by atoms with Crippen LogP contribution in [0.2, 0.25) is 0 Å². The summed E-state index contributed by atoms with van der Waals surface area (Å²) in [6, 6.07) is 17.1. The molecule has 0 heterocycles. The number of rotatable bonds is 7. The Morgan fingerprint density at radius 1 is 1.07 bits per heavy atom.